The van der Waals surface area contributed by atoms with Crippen LogP contribution in [-0.4, -0.2) is 32.5 Å². The number of aromatic nitrogens is 3. The molecular formula is C14H16F2N4O2S. The number of hydrogen-bond donors (Lipinski definition) is 1. The number of hydrogen-bond acceptors (Lipinski definition) is 5. The van der Waals surface area contributed by atoms with Crippen molar-refractivity contribution in [1.29, 1.82) is 0 Å². The Balaban J connectivity index is 2.04. The van der Waals surface area contributed by atoms with Gasteiger partial charge in [-0.15, -0.1) is 10.2 Å². The molecule has 1 atom stereocenters. The first kappa shape index (κ1) is 17.2. The predicted molar refractivity (Wildman–Crippen MR) is 82.7 cm³/mol. The van der Waals surface area contributed by atoms with Crippen molar-refractivity contribution < 1.29 is 18.3 Å². The van der Waals surface area contributed by atoms with Crippen LogP contribution in [0.2, 0.25) is 0 Å². The van der Waals surface area contributed by atoms with Gasteiger partial charge >= 0.3 is 6.61 Å². The Morgan fingerprint density at radius 3 is 2.87 bits per heavy atom. The summed E-state index contributed by atoms with van der Waals surface area (Å²) in [4.78, 5) is 12.2. The van der Waals surface area contributed by atoms with Gasteiger partial charge in [0, 0.05) is 6.54 Å². The van der Waals surface area contributed by atoms with Gasteiger partial charge in [-0.3, -0.25) is 4.79 Å². The van der Waals surface area contributed by atoms with Crippen molar-refractivity contribution in [3.05, 3.63) is 30.6 Å². The Labute approximate surface area is 136 Å². The molecule has 1 aromatic carbocycles. The lowest BCUT2D eigenvalue weighted by Gasteiger charge is -2.14. The molecule has 1 heterocycles. The molecule has 0 saturated carbocycles. The van der Waals surface area contributed by atoms with E-state index in [4.69, 9.17) is 0 Å². The zero-order valence-corrected chi connectivity index (χ0v) is 13.4. The average molecular weight is 342 g/mol. The van der Waals surface area contributed by atoms with E-state index < -0.39 is 11.9 Å². The van der Waals surface area contributed by atoms with Gasteiger partial charge < -0.3 is 14.6 Å². The number of aryl methyl sites for hydroxylation is 1. The smallest absolute Gasteiger partial charge is 0.387 e. The normalized spacial score (nSPS) is 12.2. The highest BCUT2D eigenvalue weighted by Gasteiger charge is 2.19. The fourth-order valence-corrected chi connectivity index (χ4v) is 2.66. The molecular weight excluding hydrogens is 326 g/mol. The summed E-state index contributed by atoms with van der Waals surface area (Å²) in [5.74, 6) is -0.421. The third-order valence-electron chi connectivity index (χ3n) is 2.93. The van der Waals surface area contributed by atoms with Crippen LogP contribution < -0.4 is 10.1 Å². The van der Waals surface area contributed by atoms with Crippen molar-refractivity contribution in [1.82, 2.24) is 14.8 Å². The highest BCUT2D eigenvalue weighted by molar-refractivity contribution is 8.00. The van der Waals surface area contributed by atoms with Crippen LogP contribution in [0.3, 0.4) is 0 Å². The number of carbonyl (C=O) groups is 1. The second-order valence-electron chi connectivity index (χ2n) is 4.52. The van der Waals surface area contributed by atoms with E-state index >= 15 is 0 Å². The molecule has 1 aromatic heterocycles. The number of nitrogens with zero attached hydrogens (tertiary/aromatic N) is 3. The summed E-state index contributed by atoms with van der Waals surface area (Å²) in [6.07, 6.45) is 1.58. The minimum Gasteiger partial charge on any atom is -0.433 e. The number of rotatable bonds is 7. The van der Waals surface area contributed by atoms with Gasteiger partial charge in [0.05, 0.1) is 10.9 Å². The summed E-state index contributed by atoms with van der Waals surface area (Å²) in [5, 5.41) is 10.5. The fraction of sp³-hybridized carbons (Fsp3) is 0.357. The third-order valence-corrected chi connectivity index (χ3v) is 4.03. The minimum atomic E-state index is -2.96. The van der Waals surface area contributed by atoms with Crippen LogP contribution in [0.5, 0.6) is 5.75 Å². The van der Waals surface area contributed by atoms with Crippen LogP contribution >= 0.6 is 11.8 Å². The van der Waals surface area contributed by atoms with E-state index in [9.17, 15) is 13.6 Å². The maximum Gasteiger partial charge on any atom is 0.387 e. The molecule has 1 amide bonds. The Morgan fingerprint density at radius 1 is 1.43 bits per heavy atom. The van der Waals surface area contributed by atoms with Crippen molar-refractivity contribution in [2.45, 2.75) is 37.4 Å². The number of halogens is 2. The standard InChI is InChI=1S/C14H16F2N4O2S/c1-3-20-8-17-19-14(20)23-9(2)12(21)18-10-6-4-5-7-11(10)22-13(15)16/h4-9,13H,3H2,1-2H3,(H,18,21)/t9-/m0/s1. The molecule has 0 spiro atoms. The Bertz CT molecular complexity index is 666. The van der Waals surface area contributed by atoms with Gasteiger partial charge in [-0.05, 0) is 26.0 Å². The molecule has 2 rings (SSSR count). The van der Waals surface area contributed by atoms with Crippen LogP contribution in [0.25, 0.3) is 0 Å². The Morgan fingerprint density at radius 2 is 2.17 bits per heavy atom. The van der Waals surface area contributed by atoms with Gasteiger partial charge in [0.1, 0.15) is 12.1 Å². The molecule has 1 N–H and O–H groups in total. The van der Waals surface area contributed by atoms with Crippen LogP contribution in [0.4, 0.5) is 14.5 Å². The topological polar surface area (TPSA) is 69.0 Å². The quantitative estimate of drug-likeness (QED) is 0.783. The zero-order valence-electron chi connectivity index (χ0n) is 12.6. The van der Waals surface area contributed by atoms with Crippen LogP contribution in [0.1, 0.15) is 13.8 Å². The summed E-state index contributed by atoms with van der Waals surface area (Å²) < 4.78 is 30.9. The molecule has 0 aliphatic carbocycles. The third kappa shape index (κ3) is 4.65. The summed E-state index contributed by atoms with van der Waals surface area (Å²) in [6.45, 7) is 1.37. The van der Waals surface area contributed by atoms with E-state index in [1.165, 1.54) is 23.9 Å². The number of thioether (sulfide) groups is 1. The Hall–Kier alpha value is -2.16. The number of para-hydroxylation sites is 2. The number of carbonyl (C=O) groups excluding carboxylic acids is 1. The van der Waals surface area contributed by atoms with Gasteiger partial charge in [0.25, 0.3) is 0 Å². The highest BCUT2D eigenvalue weighted by atomic mass is 32.2. The zero-order chi connectivity index (χ0) is 16.8. The predicted octanol–water partition coefficient (Wildman–Crippen LogP) is 3.02. The fourth-order valence-electron chi connectivity index (χ4n) is 1.77. The number of alkyl halides is 2. The van der Waals surface area contributed by atoms with E-state index in [2.05, 4.69) is 20.3 Å². The van der Waals surface area contributed by atoms with E-state index in [1.54, 1.807) is 25.4 Å². The molecule has 0 aliphatic heterocycles. The lowest BCUT2D eigenvalue weighted by atomic mass is 10.3. The Kier molecular flexibility index (Phi) is 5.91. The van der Waals surface area contributed by atoms with E-state index in [0.717, 1.165) is 0 Å². The number of amides is 1. The van der Waals surface area contributed by atoms with Gasteiger partial charge in [-0.25, -0.2) is 0 Å². The van der Waals surface area contributed by atoms with Crippen LogP contribution in [0, 0.1) is 0 Å². The summed E-state index contributed by atoms with van der Waals surface area (Å²) in [5.41, 5.74) is 0.196. The van der Waals surface area contributed by atoms with Crippen molar-refractivity contribution in [2.24, 2.45) is 0 Å². The molecule has 0 unspecified atom stereocenters. The number of anilines is 1. The first-order valence-electron chi connectivity index (χ1n) is 6.90. The van der Waals surface area contributed by atoms with E-state index in [-0.39, 0.29) is 17.3 Å². The van der Waals surface area contributed by atoms with E-state index in [1.807, 2.05) is 11.5 Å². The summed E-state index contributed by atoms with van der Waals surface area (Å²) in [6, 6.07) is 6.05. The SMILES string of the molecule is CCn1cnnc1S[C@@H](C)C(=O)Nc1ccccc1OC(F)F. The van der Waals surface area contributed by atoms with Crippen molar-refractivity contribution in [3.8, 4) is 5.75 Å². The summed E-state index contributed by atoms with van der Waals surface area (Å²) in [7, 11) is 0. The average Bonchev–Trinajstić information content (AvgIpc) is 2.95. The first-order valence-corrected chi connectivity index (χ1v) is 7.78. The lowest BCUT2D eigenvalue weighted by Crippen LogP contribution is -2.23. The molecule has 0 bridgehead atoms. The van der Waals surface area contributed by atoms with Crippen molar-refractivity contribution in [3.63, 3.8) is 0 Å². The second-order valence-corrected chi connectivity index (χ2v) is 5.83. The monoisotopic (exact) mass is 342 g/mol. The molecule has 124 valence electrons. The van der Waals surface area contributed by atoms with Crippen molar-refractivity contribution >= 4 is 23.4 Å². The summed E-state index contributed by atoms with van der Waals surface area (Å²) >= 11 is 1.24. The van der Waals surface area contributed by atoms with Gasteiger partial charge in [0.2, 0.25) is 5.91 Å². The van der Waals surface area contributed by atoms with E-state index in [0.29, 0.717) is 11.7 Å². The number of ether oxygens (including phenoxy) is 1. The molecule has 9 heteroatoms. The molecule has 23 heavy (non-hydrogen) atoms. The molecule has 2 aromatic rings. The highest BCUT2D eigenvalue weighted by Crippen LogP contribution is 2.27. The molecule has 0 aliphatic rings. The maximum absolute atomic E-state index is 12.4. The molecule has 0 fully saturated rings. The van der Waals surface area contributed by atoms with Crippen LogP contribution in [-0.2, 0) is 11.3 Å². The van der Waals surface area contributed by atoms with Gasteiger partial charge in [0.15, 0.2) is 5.16 Å². The molecule has 6 nitrogen and oxygen atoms in total. The number of nitrogens with one attached hydrogen (secondary N) is 1. The van der Waals surface area contributed by atoms with Crippen molar-refractivity contribution in [2.75, 3.05) is 5.32 Å². The lowest BCUT2D eigenvalue weighted by molar-refractivity contribution is -0.115. The maximum atomic E-state index is 12.4. The largest absolute Gasteiger partial charge is 0.433 e. The second kappa shape index (κ2) is 7.91. The van der Waals surface area contributed by atoms with Gasteiger partial charge in [-0.1, -0.05) is 23.9 Å². The van der Waals surface area contributed by atoms with Gasteiger partial charge in [-0.2, -0.15) is 8.78 Å². The minimum absolute atomic E-state index is 0.0789. The first-order chi connectivity index (χ1) is 11.0. The molecule has 0 radical (unpaired) electrons. The molecule has 0 saturated heterocycles. The van der Waals surface area contributed by atoms with Crippen LogP contribution in [0.15, 0.2) is 35.7 Å². The number of benzene rings is 1.